The maximum Gasteiger partial charge on any atom is 0.329 e. The highest BCUT2D eigenvalue weighted by atomic mass is 32.2. The molecule has 1 fully saturated rings. The fourth-order valence-corrected chi connectivity index (χ4v) is 4.07. The van der Waals surface area contributed by atoms with Gasteiger partial charge in [-0.1, -0.05) is 34.6 Å². The Morgan fingerprint density at radius 3 is 2.43 bits per heavy atom. The molecule has 0 aromatic rings. The number of thioether (sulfide) groups is 1. The molecule has 0 aliphatic carbocycles. The van der Waals surface area contributed by atoms with Gasteiger partial charge in [0.1, 0.15) is 6.04 Å². The molecule has 1 heterocycles. The summed E-state index contributed by atoms with van der Waals surface area (Å²) < 4.78 is 5.27. The van der Waals surface area contributed by atoms with Crippen molar-refractivity contribution in [3.63, 3.8) is 0 Å². The molecule has 0 radical (unpaired) electrons. The largest absolute Gasteiger partial charge is 0.464 e. The van der Waals surface area contributed by atoms with Crippen molar-refractivity contribution in [2.24, 2.45) is 11.8 Å². The van der Waals surface area contributed by atoms with Crippen LogP contribution < -0.4 is 0 Å². The predicted molar refractivity (Wildman–Crippen MR) is 87.0 cm³/mol. The highest BCUT2D eigenvalue weighted by Crippen LogP contribution is 2.34. The summed E-state index contributed by atoms with van der Waals surface area (Å²) in [5, 5.41) is 0.107. The molecule has 2 unspecified atom stereocenters. The number of amides is 1. The van der Waals surface area contributed by atoms with Crippen molar-refractivity contribution in [3.05, 3.63) is 0 Å². The van der Waals surface area contributed by atoms with Gasteiger partial charge in [0.2, 0.25) is 5.91 Å². The molecule has 0 bridgehead atoms. The Labute approximate surface area is 133 Å². The zero-order valence-electron chi connectivity index (χ0n) is 13.9. The van der Waals surface area contributed by atoms with Gasteiger partial charge in [-0.25, -0.2) is 4.79 Å². The Bertz CT molecular complexity index is 357. The third-order valence-electron chi connectivity index (χ3n) is 3.36. The van der Waals surface area contributed by atoms with Crippen LogP contribution in [0.4, 0.5) is 0 Å². The topological polar surface area (TPSA) is 46.6 Å². The molecule has 2 atom stereocenters. The lowest BCUT2D eigenvalue weighted by atomic mass is 10.1. The minimum Gasteiger partial charge on any atom is -0.464 e. The number of nitrogens with zero attached hydrogens (tertiary/aromatic N) is 1. The quantitative estimate of drug-likeness (QED) is 0.676. The monoisotopic (exact) mass is 315 g/mol. The summed E-state index contributed by atoms with van der Waals surface area (Å²) >= 11 is 1.71. The van der Waals surface area contributed by atoms with Gasteiger partial charge in [-0.05, 0) is 24.7 Å². The van der Waals surface area contributed by atoms with E-state index in [1.165, 1.54) is 0 Å². The lowest BCUT2D eigenvalue weighted by Gasteiger charge is -2.30. The molecule has 1 aliphatic rings. The summed E-state index contributed by atoms with van der Waals surface area (Å²) in [5.41, 5.74) is 0. The predicted octanol–water partition coefficient (Wildman–Crippen LogP) is 3.30. The molecule has 1 saturated heterocycles. The third-order valence-corrected chi connectivity index (χ3v) is 4.67. The van der Waals surface area contributed by atoms with E-state index in [1.54, 1.807) is 16.7 Å². The normalized spacial score (nSPS) is 22.1. The molecule has 1 rings (SSSR count). The molecular weight excluding hydrogens is 286 g/mol. The molecule has 0 spiro atoms. The van der Waals surface area contributed by atoms with Crippen LogP contribution in [-0.2, 0) is 14.3 Å². The first-order chi connectivity index (χ1) is 9.86. The van der Waals surface area contributed by atoms with Crippen LogP contribution in [-0.4, -0.2) is 40.6 Å². The van der Waals surface area contributed by atoms with Crippen molar-refractivity contribution in [1.29, 1.82) is 0 Å². The summed E-state index contributed by atoms with van der Waals surface area (Å²) in [6.07, 6.45) is 2.22. The van der Waals surface area contributed by atoms with Gasteiger partial charge in [-0.15, -0.1) is 11.8 Å². The van der Waals surface area contributed by atoms with Crippen molar-refractivity contribution < 1.29 is 14.3 Å². The van der Waals surface area contributed by atoms with Crippen LogP contribution >= 0.6 is 11.8 Å². The van der Waals surface area contributed by atoms with E-state index in [0.717, 1.165) is 12.8 Å². The van der Waals surface area contributed by atoms with Crippen LogP contribution in [0.5, 0.6) is 0 Å². The number of hydrogen-bond donors (Lipinski definition) is 0. The van der Waals surface area contributed by atoms with Gasteiger partial charge in [-0.2, -0.15) is 0 Å². The number of rotatable bonds is 7. The zero-order chi connectivity index (χ0) is 16.0. The van der Waals surface area contributed by atoms with Crippen LogP contribution in [0.2, 0.25) is 0 Å². The summed E-state index contributed by atoms with van der Waals surface area (Å²) in [6, 6.07) is -0.406. The van der Waals surface area contributed by atoms with Crippen molar-refractivity contribution in [1.82, 2.24) is 4.90 Å². The molecule has 0 saturated carbocycles. The molecule has 21 heavy (non-hydrogen) atoms. The van der Waals surface area contributed by atoms with Gasteiger partial charge in [0.25, 0.3) is 0 Å². The molecule has 5 heteroatoms. The SMILES string of the molecule is CCCOC(=O)C1CSC(CC(C)C)N1C(=O)CC(C)C. The number of carbonyl (C=O) groups is 2. The van der Waals surface area contributed by atoms with Crippen LogP contribution in [0, 0.1) is 11.8 Å². The molecular formula is C16H29NO3S. The molecule has 0 aromatic heterocycles. The van der Waals surface area contributed by atoms with Crippen LogP contribution in [0.15, 0.2) is 0 Å². The van der Waals surface area contributed by atoms with E-state index in [4.69, 9.17) is 4.74 Å². The van der Waals surface area contributed by atoms with Crippen molar-refractivity contribution in [2.75, 3.05) is 12.4 Å². The van der Waals surface area contributed by atoms with E-state index in [1.807, 2.05) is 20.8 Å². The molecule has 122 valence electrons. The van der Waals surface area contributed by atoms with E-state index >= 15 is 0 Å². The van der Waals surface area contributed by atoms with Crippen LogP contribution in [0.3, 0.4) is 0 Å². The summed E-state index contributed by atoms with van der Waals surface area (Å²) in [5.74, 6) is 1.30. The minimum atomic E-state index is -0.406. The van der Waals surface area contributed by atoms with E-state index in [0.29, 0.717) is 30.6 Å². The second-order valence-electron chi connectivity index (χ2n) is 6.50. The number of ether oxygens (including phenoxy) is 1. The second kappa shape index (κ2) is 8.66. The molecule has 1 amide bonds. The van der Waals surface area contributed by atoms with Gasteiger partial charge >= 0.3 is 5.97 Å². The Morgan fingerprint density at radius 2 is 1.90 bits per heavy atom. The van der Waals surface area contributed by atoms with Crippen molar-refractivity contribution in [3.8, 4) is 0 Å². The van der Waals surface area contributed by atoms with Gasteiger partial charge in [0.05, 0.1) is 12.0 Å². The Hall–Kier alpha value is -0.710. The maximum atomic E-state index is 12.5. The van der Waals surface area contributed by atoms with Crippen molar-refractivity contribution >= 4 is 23.6 Å². The van der Waals surface area contributed by atoms with E-state index in [2.05, 4.69) is 13.8 Å². The number of carbonyl (C=O) groups excluding carboxylic acids is 2. The average molecular weight is 315 g/mol. The van der Waals surface area contributed by atoms with Gasteiger partial charge in [0.15, 0.2) is 0 Å². The van der Waals surface area contributed by atoms with Gasteiger partial charge in [-0.3, -0.25) is 4.79 Å². The molecule has 1 aliphatic heterocycles. The minimum absolute atomic E-state index is 0.0825. The van der Waals surface area contributed by atoms with E-state index in [-0.39, 0.29) is 17.3 Å². The van der Waals surface area contributed by atoms with Crippen LogP contribution in [0.1, 0.15) is 53.9 Å². The lowest BCUT2D eigenvalue weighted by Crippen LogP contribution is -2.47. The smallest absolute Gasteiger partial charge is 0.329 e. The fraction of sp³-hybridized carbons (Fsp3) is 0.875. The number of hydrogen-bond acceptors (Lipinski definition) is 4. The van der Waals surface area contributed by atoms with E-state index < -0.39 is 6.04 Å². The second-order valence-corrected chi connectivity index (χ2v) is 7.71. The van der Waals surface area contributed by atoms with Crippen LogP contribution in [0.25, 0.3) is 0 Å². The molecule has 0 N–H and O–H groups in total. The van der Waals surface area contributed by atoms with Gasteiger partial charge < -0.3 is 9.64 Å². The molecule has 0 aromatic carbocycles. The average Bonchev–Trinajstić information content (AvgIpc) is 2.77. The first-order valence-corrected chi connectivity index (χ1v) is 9.01. The highest BCUT2D eigenvalue weighted by molar-refractivity contribution is 8.00. The first kappa shape index (κ1) is 18.3. The first-order valence-electron chi connectivity index (χ1n) is 7.96. The molecule has 4 nitrogen and oxygen atoms in total. The lowest BCUT2D eigenvalue weighted by molar-refractivity contribution is -0.154. The zero-order valence-corrected chi connectivity index (χ0v) is 14.7. The van der Waals surface area contributed by atoms with Crippen molar-refractivity contribution in [2.45, 2.75) is 65.3 Å². The number of esters is 1. The standard InChI is InChI=1S/C16H29NO3S/c1-6-7-20-16(19)13-10-21-15(9-12(4)5)17(13)14(18)8-11(2)3/h11-13,15H,6-10H2,1-5H3. The Balaban J connectivity index is 2.81. The highest BCUT2D eigenvalue weighted by Gasteiger charge is 2.42. The summed E-state index contributed by atoms with van der Waals surface area (Å²) in [6.45, 7) is 10.8. The maximum absolute atomic E-state index is 12.5. The Morgan fingerprint density at radius 1 is 1.24 bits per heavy atom. The Kier molecular flexibility index (Phi) is 7.57. The van der Waals surface area contributed by atoms with E-state index in [9.17, 15) is 9.59 Å². The summed E-state index contributed by atoms with van der Waals surface area (Å²) in [4.78, 5) is 26.5. The summed E-state index contributed by atoms with van der Waals surface area (Å²) in [7, 11) is 0. The third kappa shape index (κ3) is 5.53. The van der Waals surface area contributed by atoms with Gasteiger partial charge in [0, 0.05) is 12.2 Å². The fourth-order valence-electron chi connectivity index (χ4n) is 2.42.